The number of hydrazine groups is 1. The highest BCUT2D eigenvalue weighted by Gasteiger charge is 2.04. The summed E-state index contributed by atoms with van der Waals surface area (Å²) in [5.41, 5.74) is 3.74. The van der Waals surface area contributed by atoms with Crippen molar-refractivity contribution in [2.24, 2.45) is 10.8 Å². The lowest BCUT2D eigenvalue weighted by molar-refractivity contribution is 0.631. The van der Waals surface area contributed by atoms with Crippen LogP contribution >= 0.6 is 0 Å². The number of aliphatic imine (C=N–C) groups is 1. The fraction of sp³-hybridized carbons (Fsp3) is 0.364. The minimum Gasteiger partial charge on any atom is -0.323 e. The molecule has 0 fully saturated rings. The number of nitrogens with one attached hydrogen (secondary N) is 2. The van der Waals surface area contributed by atoms with E-state index >= 15 is 0 Å². The van der Waals surface area contributed by atoms with E-state index in [1.54, 1.807) is 12.1 Å². The fourth-order valence-electron chi connectivity index (χ4n) is 1.21. The maximum atomic E-state index is 13.4. The van der Waals surface area contributed by atoms with Crippen molar-refractivity contribution in [3.8, 4) is 0 Å². The predicted octanol–water partition coefficient (Wildman–Crippen LogP) is 1.78. The van der Waals surface area contributed by atoms with Crippen molar-refractivity contribution in [2.75, 3.05) is 11.9 Å². The van der Waals surface area contributed by atoms with Crippen LogP contribution in [0.25, 0.3) is 0 Å². The Morgan fingerprint density at radius 1 is 1.50 bits per heavy atom. The maximum Gasteiger partial charge on any atom is 0.210 e. The van der Waals surface area contributed by atoms with Gasteiger partial charge in [-0.3, -0.25) is 10.4 Å². The van der Waals surface area contributed by atoms with E-state index in [1.165, 1.54) is 6.07 Å². The molecule has 0 aliphatic carbocycles. The highest BCUT2D eigenvalue weighted by atomic mass is 19.1. The van der Waals surface area contributed by atoms with Gasteiger partial charge in [0.2, 0.25) is 5.96 Å². The van der Waals surface area contributed by atoms with E-state index in [0.29, 0.717) is 18.2 Å². The Morgan fingerprint density at radius 2 is 2.25 bits per heavy atom. The largest absolute Gasteiger partial charge is 0.323 e. The zero-order valence-corrected chi connectivity index (χ0v) is 9.55. The smallest absolute Gasteiger partial charge is 0.210 e. The van der Waals surface area contributed by atoms with Gasteiger partial charge in [0.25, 0.3) is 0 Å². The van der Waals surface area contributed by atoms with E-state index in [2.05, 4.69) is 15.7 Å². The van der Waals surface area contributed by atoms with Crippen molar-refractivity contribution in [2.45, 2.75) is 20.3 Å². The minimum atomic E-state index is -0.329. The van der Waals surface area contributed by atoms with E-state index in [-0.39, 0.29) is 5.82 Å². The quantitative estimate of drug-likeness (QED) is 0.317. The maximum absolute atomic E-state index is 13.4. The second-order valence-electron chi connectivity index (χ2n) is 3.48. The van der Waals surface area contributed by atoms with Crippen molar-refractivity contribution in [3.63, 3.8) is 0 Å². The van der Waals surface area contributed by atoms with Crippen LogP contribution in [0.1, 0.15) is 18.9 Å². The highest BCUT2D eigenvalue weighted by Crippen LogP contribution is 2.15. The van der Waals surface area contributed by atoms with E-state index in [1.807, 2.05) is 13.8 Å². The predicted molar refractivity (Wildman–Crippen MR) is 64.7 cm³/mol. The summed E-state index contributed by atoms with van der Waals surface area (Å²) in [5.74, 6) is 5.32. The third-order valence-corrected chi connectivity index (χ3v) is 2.01. The van der Waals surface area contributed by atoms with Crippen molar-refractivity contribution in [3.05, 3.63) is 29.6 Å². The summed E-state index contributed by atoms with van der Waals surface area (Å²) in [6, 6.07) is 4.82. The fourth-order valence-corrected chi connectivity index (χ4v) is 1.21. The lowest BCUT2D eigenvalue weighted by Gasteiger charge is -2.10. The molecule has 5 heteroatoms. The van der Waals surface area contributed by atoms with E-state index in [0.717, 1.165) is 12.0 Å². The minimum absolute atomic E-state index is 0.329. The molecular weight excluding hydrogens is 207 g/mol. The van der Waals surface area contributed by atoms with Crippen LogP contribution in [0, 0.1) is 12.7 Å². The molecule has 4 N–H and O–H groups in total. The Labute approximate surface area is 94.7 Å². The summed E-state index contributed by atoms with van der Waals surface area (Å²) < 4.78 is 13.4. The van der Waals surface area contributed by atoms with Gasteiger partial charge < -0.3 is 5.32 Å². The van der Waals surface area contributed by atoms with Crippen LogP contribution in [0.4, 0.5) is 10.1 Å². The number of hydrogen-bond acceptors (Lipinski definition) is 2. The third kappa shape index (κ3) is 3.51. The molecule has 0 saturated carbocycles. The molecule has 0 unspecified atom stereocenters. The van der Waals surface area contributed by atoms with Crippen LogP contribution in [-0.4, -0.2) is 12.5 Å². The number of anilines is 1. The van der Waals surface area contributed by atoms with Crippen molar-refractivity contribution >= 4 is 11.6 Å². The molecule has 0 radical (unpaired) electrons. The number of aryl methyl sites for hydroxylation is 1. The van der Waals surface area contributed by atoms with Crippen LogP contribution in [0.15, 0.2) is 23.2 Å². The van der Waals surface area contributed by atoms with Crippen LogP contribution in [-0.2, 0) is 0 Å². The number of halogens is 1. The van der Waals surface area contributed by atoms with Crippen molar-refractivity contribution < 1.29 is 4.39 Å². The second-order valence-corrected chi connectivity index (χ2v) is 3.48. The summed E-state index contributed by atoms with van der Waals surface area (Å²) in [7, 11) is 0. The normalized spacial score (nSPS) is 11.4. The average Bonchev–Trinajstić information content (AvgIpc) is 2.28. The second kappa shape index (κ2) is 6.07. The number of benzene rings is 1. The number of guanidine groups is 1. The molecule has 0 atom stereocenters. The molecule has 16 heavy (non-hydrogen) atoms. The molecule has 0 aliphatic rings. The molecule has 0 bridgehead atoms. The summed E-state index contributed by atoms with van der Waals surface area (Å²) in [4.78, 5) is 4.13. The third-order valence-electron chi connectivity index (χ3n) is 2.01. The molecule has 1 rings (SSSR count). The van der Waals surface area contributed by atoms with Gasteiger partial charge in [0.1, 0.15) is 5.82 Å². The Balaban J connectivity index is 2.81. The summed E-state index contributed by atoms with van der Waals surface area (Å²) in [6.07, 6.45) is 0.906. The molecule has 0 amide bonds. The van der Waals surface area contributed by atoms with E-state index in [9.17, 15) is 4.39 Å². The molecule has 0 aromatic heterocycles. The van der Waals surface area contributed by atoms with E-state index in [4.69, 9.17) is 5.84 Å². The van der Waals surface area contributed by atoms with Gasteiger partial charge in [-0.1, -0.05) is 13.0 Å². The van der Waals surface area contributed by atoms with Crippen LogP contribution in [0.5, 0.6) is 0 Å². The zero-order valence-electron chi connectivity index (χ0n) is 9.55. The van der Waals surface area contributed by atoms with Crippen molar-refractivity contribution in [1.82, 2.24) is 5.43 Å². The SMILES string of the molecule is CCCN=C(NN)Nc1cc(C)ccc1F. The lowest BCUT2D eigenvalue weighted by Crippen LogP contribution is -2.36. The molecule has 0 heterocycles. The zero-order chi connectivity index (χ0) is 12.0. The molecular formula is C11H17FN4. The van der Waals surface area contributed by atoms with Crippen LogP contribution in [0.2, 0.25) is 0 Å². The van der Waals surface area contributed by atoms with Gasteiger partial charge in [0.15, 0.2) is 0 Å². The molecule has 88 valence electrons. The van der Waals surface area contributed by atoms with E-state index < -0.39 is 0 Å². The van der Waals surface area contributed by atoms with Gasteiger partial charge >= 0.3 is 0 Å². The summed E-state index contributed by atoms with van der Waals surface area (Å²) in [5, 5.41) is 2.81. The van der Waals surface area contributed by atoms with Gasteiger partial charge in [-0.2, -0.15) is 0 Å². The van der Waals surface area contributed by atoms with Gasteiger partial charge in [0, 0.05) is 6.54 Å². The van der Waals surface area contributed by atoms with Gasteiger partial charge in [-0.25, -0.2) is 10.2 Å². The van der Waals surface area contributed by atoms with Gasteiger partial charge in [0.05, 0.1) is 5.69 Å². The first-order valence-corrected chi connectivity index (χ1v) is 5.21. The molecule has 0 saturated heterocycles. The number of nitrogens with two attached hydrogens (primary N) is 1. The Morgan fingerprint density at radius 3 is 2.88 bits per heavy atom. The number of nitrogens with zero attached hydrogens (tertiary/aromatic N) is 1. The standard InChI is InChI=1S/C11H17FN4/c1-3-6-14-11(16-13)15-10-7-8(2)4-5-9(10)12/h4-5,7H,3,6,13H2,1-2H3,(H2,14,15,16). The first-order chi connectivity index (χ1) is 7.67. The Kier molecular flexibility index (Phi) is 4.72. The molecule has 0 spiro atoms. The Hall–Kier alpha value is -1.62. The average molecular weight is 224 g/mol. The Bertz CT molecular complexity index is 376. The first kappa shape index (κ1) is 12.4. The molecule has 1 aromatic rings. The summed E-state index contributed by atoms with van der Waals surface area (Å²) in [6.45, 7) is 4.54. The number of hydrogen-bond donors (Lipinski definition) is 3. The summed E-state index contributed by atoms with van der Waals surface area (Å²) >= 11 is 0. The van der Waals surface area contributed by atoms with Crippen LogP contribution < -0.4 is 16.6 Å². The first-order valence-electron chi connectivity index (χ1n) is 5.21. The highest BCUT2D eigenvalue weighted by molar-refractivity contribution is 5.93. The molecule has 4 nitrogen and oxygen atoms in total. The number of rotatable bonds is 3. The van der Waals surface area contributed by atoms with Gasteiger partial charge in [-0.05, 0) is 31.0 Å². The lowest BCUT2D eigenvalue weighted by atomic mass is 10.2. The molecule has 1 aromatic carbocycles. The topological polar surface area (TPSA) is 62.4 Å². The van der Waals surface area contributed by atoms with Crippen LogP contribution in [0.3, 0.4) is 0 Å². The molecule has 0 aliphatic heterocycles. The van der Waals surface area contributed by atoms with Crippen molar-refractivity contribution in [1.29, 1.82) is 0 Å². The van der Waals surface area contributed by atoms with Gasteiger partial charge in [-0.15, -0.1) is 0 Å². The monoisotopic (exact) mass is 224 g/mol.